The highest BCUT2D eigenvalue weighted by molar-refractivity contribution is 6.01. The van der Waals surface area contributed by atoms with Gasteiger partial charge in [0.15, 0.2) is 11.5 Å². The first kappa shape index (κ1) is 25.0. The number of aromatic hydroxyl groups is 1. The molecule has 0 aliphatic carbocycles. The number of anilines is 1. The second-order valence-electron chi connectivity index (χ2n) is 7.55. The van der Waals surface area contributed by atoms with Gasteiger partial charge in [0.25, 0.3) is 0 Å². The van der Waals surface area contributed by atoms with Crippen LogP contribution in [0.4, 0.5) is 5.69 Å². The van der Waals surface area contributed by atoms with Gasteiger partial charge in [-0.1, -0.05) is 38.8 Å². The summed E-state index contributed by atoms with van der Waals surface area (Å²) in [4.78, 5) is 28.2. The Kier molecular flexibility index (Phi) is 9.85. The molecule has 2 amide bonds. The SMILES string of the molecule is CCCCCNC(=O)C(c1ccc(O)cc1)N(C(=O)CCC)c1ccc(OC)c(OC)c1. The molecule has 0 aliphatic heterocycles. The molecule has 0 saturated carbocycles. The molecule has 0 heterocycles. The Morgan fingerprint density at radius 3 is 2.25 bits per heavy atom. The monoisotopic (exact) mass is 442 g/mol. The van der Waals surface area contributed by atoms with Crippen molar-refractivity contribution in [1.82, 2.24) is 5.32 Å². The molecule has 0 aliphatic rings. The number of hydrogen-bond donors (Lipinski definition) is 2. The number of ether oxygens (including phenoxy) is 2. The van der Waals surface area contributed by atoms with E-state index in [2.05, 4.69) is 12.2 Å². The number of nitrogens with zero attached hydrogens (tertiary/aromatic N) is 1. The molecule has 0 bridgehead atoms. The van der Waals surface area contributed by atoms with Crippen molar-refractivity contribution in [3.05, 3.63) is 48.0 Å². The van der Waals surface area contributed by atoms with Crippen LogP contribution in [0.3, 0.4) is 0 Å². The van der Waals surface area contributed by atoms with Crippen LogP contribution < -0.4 is 19.7 Å². The first-order chi connectivity index (χ1) is 15.5. The zero-order chi connectivity index (χ0) is 23.5. The van der Waals surface area contributed by atoms with Crippen molar-refractivity contribution in [1.29, 1.82) is 0 Å². The van der Waals surface area contributed by atoms with Crippen LogP contribution in [0, 0.1) is 0 Å². The van der Waals surface area contributed by atoms with Gasteiger partial charge in [-0.3, -0.25) is 14.5 Å². The van der Waals surface area contributed by atoms with E-state index in [1.165, 1.54) is 24.1 Å². The molecule has 2 N–H and O–H groups in total. The molecule has 0 saturated heterocycles. The minimum absolute atomic E-state index is 0.0911. The van der Waals surface area contributed by atoms with E-state index >= 15 is 0 Å². The number of unbranched alkanes of at least 4 members (excludes halogenated alkanes) is 2. The van der Waals surface area contributed by atoms with Crippen molar-refractivity contribution in [3.8, 4) is 17.2 Å². The maximum absolute atomic E-state index is 13.4. The third kappa shape index (κ3) is 6.39. The molecule has 0 spiro atoms. The first-order valence-corrected chi connectivity index (χ1v) is 11.1. The number of rotatable bonds is 12. The molecule has 0 aromatic heterocycles. The number of phenols is 1. The van der Waals surface area contributed by atoms with Gasteiger partial charge in [-0.2, -0.15) is 0 Å². The van der Waals surface area contributed by atoms with Gasteiger partial charge in [-0.15, -0.1) is 0 Å². The average Bonchev–Trinajstić information content (AvgIpc) is 2.80. The molecule has 0 radical (unpaired) electrons. The lowest BCUT2D eigenvalue weighted by Crippen LogP contribution is -2.44. The van der Waals surface area contributed by atoms with Crippen molar-refractivity contribution >= 4 is 17.5 Å². The maximum atomic E-state index is 13.4. The molecule has 2 aromatic rings. The van der Waals surface area contributed by atoms with Gasteiger partial charge in [0.2, 0.25) is 11.8 Å². The summed E-state index contributed by atoms with van der Waals surface area (Å²) in [6, 6.07) is 10.6. The van der Waals surface area contributed by atoms with Crippen LogP contribution in [-0.4, -0.2) is 37.7 Å². The number of carbonyl (C=O) groups excluding carboxylic acids is 2. The Bertz CT molecular complexity index is 882. The van der Waals surface area contributed by atoms with Crippen LogP contribution in [0.5, 0.6) is 17.2 Å². The summed E-state index contributed by atoms with van der Waals surface area (Å²) in [7, 11) is 3.07. The molecule has 1 atom stereocenters. The predicted octanol–water partition coefficient (Wildman–Crippen LogP) is 4.59. The van der Waals surface area contributed by atoms with Crippen LogP contribution in [0.1, 0.15) is 57.6 Å². The molecule has 32 heavy (non-hydrogen) atoms. The predicted molar refractivity (Wildman–Crippen MR) is 125 cm³/mol. The lowest BCUT2D eigenvalue weighted by Gasteiger charge is -2.32. The number of hydrogen-bond acceptors (Lipinski definition) is 5. The maximum Gasteiger partial charge on any atom is 0.247 e. The van der Waals surface area contributed by atoms with Crippen molar-refractivity contribution < 1.29 is 24.2 Å². The van der Waals surface area contributed by atoms with Crippen molar-refractivity contribution in [3.63, 3.8) is 0 Å². The molecular weight excluding hydrogens is 408 g/mol. The van der Waals surface area contributed by atoms with Gasteiger partial charge >= 0.3 is 0 Å². The van der Waals surface area contributed by atoms with Crippen LogP contribution in [0.15, 0.2) is 42.5 Å². The van der Waals surface area contributed by atoms with Crippen LogP contribution in [-0.2, 0) is 9.59 Å². The molecule has 7 nitrogen and oxygen atoms in total. The largest absolute Gasteiger partial charge is 0.508 e. The van der Waals surface area contributed by atoms with E-state index in [9.17, 15) is 14.7 Å². The zero-order valence-corrected chi connectivity index (χ0v) is 19.4. The highest BCUT2D eigenvalue weighted by Gasteiger charge is 2.32. The highest BCUT2D eigenvalue weighted by atomic mass is 16.5. The first-order valence-electron chi connectivity index (χ1n) is 11.1. The van der Waals surface area contributed by atoms with Gasteiger partial charge in [0, 0.05) is 24.7 Å². The second kappa shape index (κ2) is 12.6. The van der Waals surface area contributed by atoms with E-state index in [4.69, 9.17) is 9.47 Å². The standard InChI is InChI=1S/C25H34N2O5/c1-5-7-8-16-26-25(30)24(18-10-13-20(28)14-11-18)27(23(29)9-6-2)19-12-15-21(31-3)22(17-19)32-4/h10-15,17,24,28H,5-9,16H2,1-4H3,(H,26,30). The minimum Gasteiger partial charge on any atom is -0.508 e. The van der Waals surface area contributed by atoms with E-state index in [1.54, 1.807) is 37.4 Å². The van der Waals surface area contributed by atoms with Crippen molar-refractivity contribution in [2.24, 2.45) is 0 Å². The number of carbonyl (C=O) groups is 2. The third-order valence-electron chi connectivity index (χ3n) is 5.17. The quantitative estimate of drug-likeness (QED) is 0.470. The number of methoxy groups -OCH3 is 2. The lowest BCUT2D eigenvalue weighted by molar-refractivity contribution is -0.126. The van der Waals surface area contributed by atoms with Gasteiger partial charge in [0.05, 0.1) is 14.2 Å². The Balaban J connectivity index is 2.54. The summed E-state index contributed by atoms with van der Waals surface area (Å²) in [5.74, 6) is 0.636. The number of benzene rings is 2. The van der Waals surface area contributed by atoms with Crippen LogP contribution in [0.25, 0.3) is 0 Å². The zero-order valence-electron chi connectivity index (χ0n) is 19.4. The summed E-state index contributed by atoms with van der Waals surface area (Å²) >= 11 is 0. The fourth-order valence-electron chi connectivity index (χ4n) is 3.50. The highest BCUT2D eigenvalue weighted by Crippen LogP contribution is 2.36. The second-order valence-corrected chi connectivity index (χ2v) is 7.55. The molecular formula is C25H34N2O5. The Hall–Kier alpha value is -3.22. The summed E-state index contributed by atoms with van der Waals surface area (Å²) in [5, 5.41) is 12.7. The summed E-state index contributed by atoms with van der Waals surface area (Å²) in [5.41, 5.74) is 1.14. The van der Waals surface area contributed by atoms with Gasteiger partial charge in [0.1, 0.15) is 11.8 Å². The number of amides is 2. The summed E-state index contributed by atoms with van der Waals surface area (Å²) < 4.78 is 10.7. The van der Waals surface area contributed by atoms with E-state index < -0.39 is 6.04 Å². The molecule has 174 valence electrons. The minimum atomic E-state index is -0.894. The number of phenolic OH excluding ortho intramolecular Hbond substituents is 1. The molecule has 0 fully saturated rings. The topological polar surface area (TPSA) is 88.1 Å². The molecule has 2 aromatic carbocycles. The average molecular weight is 443 g/mol. The molecule has 7 heteroatoms. The van der Waals surface area contributed by atoms with Crippen LogP contribution >= 0.6 is 0 Å². The Labute approximate surface area is 190 Å². The smallest absolute Gasteiger partial charge is 0.247 e. The van der Waals surface area contributed by atoms with E-state index in [0.717, 1.165) is 19.3 Å². The van der Waals surface area contributed by atoms with Crippen LogP contribution in [0.2, 0.25) is 0 Å². The lowest BCUT2D eigenvalue weighted by atomic mass is 10.0. The van der Waals surface area contributed by atoms with Gasteiger partial charge in [-0.05, 0) is 42.7 Å². The summed E-state index contributed by atoms with van der Waals surface area (Å²) in [6.07, 6.45) is 3.85. The van der Waals surface area contributed by atoms with E-state index in [-0.39, 0.29) is 24.0 Å². The normalized spacial score (nSPS) is 11.5. The Morgan fingerprint density at radius 2 is 1.66 bits per heavy atom. The van der Waals surface area contributed by atoms with Crippen molar-refractivity contribution in [2.45, 2.75) is 52.0 Å². The fraction of sp³-hybridized carbons (Fsp3) is 0.440. The molecule has 1 unspecified atom stereocenters. The van der Waals surface area contributed by atoms with Gasteiger partial charge < -0.3 is 19.9 Å². The van der Waals surface area contributed by atoms with E-state index in [1.807, 2.05) is 6.92 Å². The van der Waals surface area contributed by atoms with Gasteiger partial charge in [-0.25, -0.2) is 0 Å². The van der Waals surface area contributed by atoms with Crippen molar-refractivity contribution in [2.75, 3.05) is 25.7 Å². The third-order valence-corrected chi connectivity index (χ3v) is 5.17. The Morgan fingerprint density at radius 1 is 0.969 bits per heavy atom. The number of nitrogens with one attached hydrogen (secondary N) is 1. The molecule has 2 rings (SSSR count). The summed E-state index contributed by atoms with van der Waals surface area (Å²) in [6.45, 7) is 4.55. The fourth-order valence-corrected chi connectivity index (χ4v) is 3.50. The van der Waals surface area contributed by atoms with E-state index in [0.29, 0.717) is 35.7 Å².